The van der Waals surface area contributed by atoms with E-state index in [-0.39, 0.29) is 0 Å². The van der Waals surface area contributed by atoms with Crippen molar-refractivity contribution >= 4 is 0 Å². The SMILES string of the molecule is N#COCC(N)(OC#N)C(N)(OC#N)OC#N. The summed E-state index contributed by atoms with van der Waals surface area (Å²) < 4.78 is 17.0. The zero-order valence-corrected chi connectivity index (χ0v) is 8.28. The first-order valence-electron chi connectivity index (χ1n) is 3.79. The summed E-state index contributed by atoms with van der Waals surface area (Å²) in [5, 5.41) is 33.3. The van der Waals surface area contributed by atoms with Crippen molar-refractivity contribution < 1.29 is 18.9 Å². The van der Waals surface area contributed by atoms with Crippen molar-refractivity contribution in [2.24, 2.45) is 11.5 Å². The molecule has 0 rings (SSSR count). The van der Waals surface area contributed by atoms with Gasteiger partial charge >= 0.3 is 11.6 Å². The molecule has 0 bridgehead atoms. The second kappa shape index (κ2) is 5.84. The summed E-state index contributed by atoms with van der Waals surface area (Å²) >= 11 is 0. The van der Waals surface area contributed by atoms with Crippen LogP contribution < -0.4 is 11.5 Å². The summed E-state index contributed by atoms with van der Waals surface area (Å²) in [7, 11) is 0. The minimum Gasteiger partial charge on any atom is -0.421 e. The van der Waals surface area contributed by atoms with Crippen LogP contribution in [0.1, 0.15) is 0 Å². The quantitative estimate of drug-likeness (QED) is 0.396. The van der Waals surface area contributed by atoms with E-state index in [1.165, 1.54) is 12.5 Å². The third kappa shape index (κ3) is 3.01. The van der Waals surface area contributed by atoms with Gasteiger partial charge in [-0.15, -0.1) is 0 Å². The van der Waals surface area contributed by atoms with Crippen LogP contribution in [0.5, 0.6) is 0 Å². The highest BCUT2D eigenvalue weighted by Crippen LogP contribution is 2.22. The summed E-state index contributed by atoms with van der Waals surface area (Å²) in [5.41, 5.74) is 8.43. The van der Waals surface area contributed by atoms with E-state index in [9.17, 15) is 0 Å². The van der Waals surface area contributed by atoms with Crippen LogP contribution in [0.2, 0.25) is 0 Å². The fourth-order valence-electron chi connectivity index (χ4n) is 0.751. The van der Waals surface area contributed by atoms with Gasteiger partial charge < -0.3 is 18.9 Å². The molecule has 0 aromatic rings. The van der Waals surface area contributed by atoms with Gasteiger partial charge in [0, 0.05) is 0 Å². The van der Waals surface area contributed by atoms with Crippen LogP contribution >= 0.6 is 0 Å². The van der Waals surface area contributed by atoms with Crippen LogP contribution in [0.4, 0.5) is 0 Å². The Balaban J connectivity index is 5.25. The molecule has 0 aromatic carbocycles. The van der Waals surface area contributed by atoms with Gasteiger partial charge in [0.05, 0.1) is 0 Å². The fourth-order valence-corrected chi connectivity index (χ4v) is 0.751. The van der Waals surface area contributed by atoms with E-state index in [4.69, 9.17) is 32.5 Å². The van der Waals surface area contributed by atoms with Crippen LogP contribution in [-0.4, -0.2) is 18.2 Å². The molecule has 88 valence electrons. The van der Waals surface area contributed by atoms with E-state index in [1.807, 2.05) is 0 Å². The molecule has 17 heavy (non-hydrogen) atoms. The van der Waals surface area contributed by atoms with Crippen LogP contribution in [0.25, 0.3) is 0 Å². The highest BCUT2D eigenvalue weighted by Gasteiger charge is 2.56. The normalized spacial score (nSPS) is 12.6. The van der Waals surface area contributed by atoms with Crippen molar-refractivity contribution in [1.29, 1.82) is 21.0 Å². The molecule has 0 aliphatic rings. The van der Waals surface area contributed by atoms with Gasteiger partial charge in [0.25, 0.3) is 25.0 Å². The molecule has 0 radical (unpaired) electrons. The number of hydrogen-bond donors (Lipinski definition) is 2. The Labute approximate surface area is 95.6 Å². The maximum absolute atomic E-state index is 8.38. The third-order valence-electron chi connectivity index (χ3n) is 1.56. The largest absolute Gasteiger partial charge is 0.421 e. The molecule has 10 nitrogen and oxygen atoms in total. The predicted molar refractivity (Wildman–Crippen MR) is 45.5 cm³/mol. The Kier molecular flexibility index (Phi) is 4.84. The number of nitriles is 4. The lowest BCUT2D eigenvalue weighted by atomic mass is 10.1. The van der Waals surface area contributed by atoms with Crippen LogP contribution in [0.15, 0.2) is 0 Å². The molecular weight excluding hydrogens is 232 g/mol. The lowest BCUT2D eigenvalue weighted by Gasteiger charge is -2.35. The van der Waals surface area contributed by atoms with Crippen molar-refractivity contribution in [2.75, 3.05) is 6.61 Å². The topological polar surface area (TPSA) is 184 Å². The van der Waals surface area contributed by atoms with E-state index >= 15 is 0 Å². The Morgan fingerprint density at radius 2 is 1.29 bits per heavy atom. The molecule has 1 unspecified atom stereocenters. The Bertz CT molecular complexity index is 410. The number of rotatable bonds is 6. The zero-order chi connectivity index (χ0) is 13.4. The van der Waals surface area contributed by atoms with Gasteiger partial charge in [-0.3, -0.25) is 11.5 Å². The highest BCUT2D eigenvalue weighted by atomic mass is 16.7. The number of hydrogen-bond acceptors (Lipinski definition) is 10. The molecule has 0 aromatic heterocycles. The lowest BCUT2D eigenvalue weighted by molar-refractivity contribution is -0.273. The molecule has 0 saturated heterocycles. The van der Waals surface area contributed by atoms with Gasteiger partial charge in [-0.1, -0.05) is 0 Å². The standard InChI is InChI=1S/C7H6N6O4/c8-2-14-1-6(12,15-3-9)7(13,16-4-10)17-5-11/h1,12-13H2. The third-order valence-corrected chi connectivity index (χ3v) is 1.56. The van der Waals surface area contributed by atoms with E-state index < -0.39 is 18.2 Å². The molecule has 1 atom stereocenters. The smallest absolute Gasteiger partial charge is 0.391 e. The van der Waals surface area contributed by atoms with Gasteiger partial charge in [-0.2, -0.15) is 21.0 Å². The molecular formula is C7H6N6O4. The van der Waals surface area contributed by atoms with Gasteiger partial charge in [0.2, 0.25) is 0 Å². The molecule has 0 amide bonds. The van der Waals surface area contributed by atoms with Crippen molar-refractivity contribution in [3.8, 4) is 25.0 Å². The van der Waals surface area contributed by atoms with Crippen molar-refractivity contribution in [3.05, 3.63) is 0 Å². The Morgan fingerprint density at radius 1 is 0.824 bits per heavy atom. The summed E-state index contributed by atoms with van der Waals surface area (Å²) in [6.45, 7) is -0.781. The van der Waals surface area contributed by atoms with Gasteiger partial charge in [0.15, 0.2) is 6.61 Å². The summed E-state index contributed by atoms with van der Waals surface area (Å²) in [6, 6.07) is 0. The van der Waals surface area contributed by atoms with Crippen LogP contribution in [0.3, 0.4) is 0 Å². The molecule has 4 N–H and O–H groups in total. The highest BCUT2D eigenvalue weighted by molar-refractivity contribution is 4.93. The number of nitrogens with zero attached hydrogens (tertiary/aromatic N) is 4. The van der Waals surface area contributed by atoms with Crippen molar-refractivity contribution in [1.82, 2.24) is 0 Å². The Hall–Kier alpha value is -2.92. The predicted octanol–water partition coefficient (Wildman–Crippen LogP) is -1.76. The maximum atomic E-state index is 8.38. The van der Waals surface area contributed by atoms with E-state index in [2.05, 4.69) is 18.9 Å². The minimum atomic E-state index is -2.61. The van der Waals surface area contributed by atoms with Gasteiger partial charge in [-0.05, 0) is 0 Å². The average Bonchev–Trinajstić information content (AvgIpc) is 2.27. The van der Waals surface area contributed by atoms with E-state index in [1.54, 1.807) is 0 Å². The zero-order valence-electron chi connectivity index (χ0n) is 8.28. The molecule has 0 fully saturated rings. The van der Waals surface area contributed by atoms with Gasteiger partial charge in [0.1, 0.15) is 0 Å². The second-order valence-electron chi connectivity index (χ2n) is 2.52. The first-order valence-corrected chi connectivity index (χ1v) is 3.79. The van der Waals surface area contributed by atoms with Crippen LogP contribution in [-0.2, 0) is 18.9 Å². The van der Waals surface area contributed by atoms with E-state index in [0.717, 1.165) is 12.5 Å². The summed E-state index contributed by atoms with van der Waals surface area (Å²) in [4.78, 5) is 0. The lowest BCUT2D eigenvalue weighted by Crippen LogP contribution is -2.71. The molecule has 0 aliphatic carbocycles. The average molecular weight is 238 g/mol. The first kappa shape index (κ1) is 14.1. The first-order chi connectivity index (χ1) is 7.99. The minimum absolute atomic E-state index is 0.781. The molecule has 0 heterocycles. The Morgan fingerprint density at radius 3 is 1.65 bits per heavy atom. The fraction of sp³-hybridized carbons (Fsp3) is 0.429. The number of ether oxygens (including phenoxy) is 4. The molecule has 0 aliphatic heterocycles. The number of nitrogens with two attached hydrogens (primary N) is 2. The molecule has 0 spiro atoms. The van der Waals surface area contributed by atoms with E-state index in [0.29, 0.717) is 0 Å². The van der Waals surface area contributed by atoms with Crippen LogP contribution in [0, 0.1) is 46.1 Å². The summed E-state index contributed by atoms with van der Waals surface area (Å²) in [6.07, 6.45) is 4.65. The maximum Gasteiger partial charge on any atom is 0.391 e. The second-order valence-corrected chi connectivity index (χ2v) is 2.52. The monoisotopic (exact) mass is 238 g/mol. The van der Waals surface area contributed by atoms with Crippen molar-refractivity contribution in [3.63, 3.8) is 0 Å². The van der Waals surface area contributed by atoms with Gasteiger partial charge in [-0.25, -0.2) is 0 Å². The molecule has 0 saturated carbocycles. The molecule has 10 heteroatoms. The summed E-state index contributed by atoms with van der Waals surface area (Å²) in [5.74, 6) is -2.61. The van der Waals surface area contributed by atoms with Crippen molar-refractivity contribution in [2.45, 2.75) is 11.6 Å².